The van der Waals surface area contributed by atoms with Crippen molar-refractivity contribution in [2.75, 3.05) is 6.54 Å². The van der Waals surface area contributed by atoms with Crippen molar-refractivity contribution in [1.82, 2.24) is 5.32 Å². The second kappa shape index (κ2) is 5.70. The number of hydrogen-bond acceptors (Lipinski definition) is 2. The van der Waals surface area contributed by atoms with E-state index in [2.05, 4.69) is 5.32 Å². The van der Waals surface area contributed by atoms with Crippen molar-refractivity contribution in [2.45, 2.75) is 31.7 Å². The monoisotopic (exact) mass is 300 g/mol. The van der Waals surface area contributed by atoms with Gasteiger partial charge in [-0.2, -0.15) is 0 Å². The summed E-state index contributed by atoms with van der Waals surface area (Å²) in [6.07, 6.45) is 2.43. The Bertz CT molecular complexity index is 468. The molecule has 1 aliphatic carbocycles. The quantitative estimate of drug-likeness (QED) is 0.878. The highest BCUT2D eigenvalue weighted by molar-refractivity contribution is 6.36. The zero-order valence-corrected chi connectivity index (χ0v) is 12.4. The predicted octanol–water partition coefficient (Wildman–Crippen LogP) is 2.78. The number of nitrogens with one attached hydrogen (secondary N) is 1. The Morgan fingerprint density at radius 2 is 2.00 bits per heavy atom. The summed E-state index contributed by atoms with van der Waals surface area (Å²) in [5, 5.41) is 4.06. The van der Waals surface area contributed by atoms with Gasteiger partial charge in [-0.05, 0) is 43.4 Å². The molecular weight excluding hydrogens is 283 g/mol. The van der Waals surface area contributed by atoms with Gasteiger partial charge in [0.05, 0.1) is 12.0 Å². The molecule has 0 radical (unpaired) electrons. The van der Waals surface area contributed by atoms with Crippen molar-refractivity contribution < 1.29 is 4.79 Å². The number of amides is 1. The molecule has 3 nitrogen and oxygen atoms in total. The largest absolute Gasteiger partial charge is 0.349 e. The van der Waals surface area contributed by atoms with Gasteiger partial charge in [-0.25, -0.2) is 0 Å². The van der Waals surface area contributed by atoms with Crippen molar-refractivity contribution >= 4 is 29.1 Å². The summed E-state index contributed by atoms with van der Waals surface area (Å²) in [4.78, 5) is 12.1. The summed E-state index contributed by atoms with van der Waals surface area (Å²) in [6.45, 7) is 2.44. The Balaban J connectivity index is 2.05. The van der Waals surface area contributed by atoms with E-state index in [0.717, 1.165) is 12.8 Å². The van der Waals surface area contributed by atoms with Crippen LogP contribution in [0, 0.1) is 5.92 Å². The summed E-state index contributed by atoms with van der Waals surface area (Å²) in [5.41, 5.74) is 6.13. The molecule has 2 rings (SSSR count). The molecule has 1 unspecified atom stereocenters. The predicted molar refractivity (Wildman–Crippen MR) is 78.5 cm³/mol. The van der Waals surface area contributed by atoms with Crippen LogP contribution in [-0.4, -0.2) is 18.0 Å². The maximum Gasteiger partial charge on any atom is 0.225 e. The van der Waals surface area contributed by atoms with E-state index in [1.807, 2.05) is 6.92 Å². The Hall–Kier alpha value is -0.770. The lowest BCUT2D eigenvalue weighted by Gasteiger charge is -2.29. The Kier molecular flexibility index (Phi) is 4.39. The first kappa shape index (κ1) is 14.6. The van der Waals surface area contributed by atoms with Gasteiger partial charge in [0.15, 0.2) is 0 Å². The summed E-state index contributed by atoms with van der Waals surface area (Å²) in [7, 11) is 0. The van der Waals surface area contributed by atoms with Gasteiger partial charge in [-0.15, -0.1) is 0 Å². The van der Waals surface area contributed by atoms with Gasteiger partial charge in [0.2, 0.25) is 5.91 Å². The number of carbonyl (C=O) groups is 1. The molecule has 19 heavy (non-hydrogen) atoms. The van der Waals surface area contributed by atoms with Crippen LogP contribution in [0.5, 0.6) is 0 Å². The molecule has 1 aliphatic rings. The van der Waals surface area contributed by atoms with E-state index in [1.54, 1.807) is 18.2 Å². The normalized spacial score (nSPS) is 17.9. The standard InChI is InChI=1S/C14H18Cl2N2O/c1-14(8-17,9-5-6-9)18-13(19)7-10-11(15)3-2-4-12(10)16/h2-4,9H,5-8,17H2,1H3,(H,18,19). The molecule has 0 aliphatic heterocycles. The van der Waals surface area contributed by atoms with Gasteiger partial charge in [0.25, 0.3) is 0 Å². The molecule has 0 spiro atoms. The van der Waals surface area contributed by atoms with Crippen molar-refractivity contribution in [3.8, 4) is 0 Å². The van der Waals surface area contributed by atoms with Crippen LogP contribution in [0.3, 0.4) is 0 Å². The minimum Gasteiger partial charge on any atom is -0.349 e. The summed E-state index contributed by atoms with van der Waals surface area (Å²) < 4.78 is 0. The van der Waals surface area contributed by atoms with Crippen molar-refractivity contribution in [3.05, 3.63) is 33.8 Å². The van der Waals surface area contributed by atoms with E-state index in [0.29, 0.717) is 28.1 Å². The molecule has 0 bridgehead atoms. The van der Waals surface area contributed by atoms with Crippen molar-refractivity contribution in [1.29, 1.82) is 0 Å². The fourth-order valence-electron chi connectivity index (χ4n) is 2.26. The highest BCUT2D eigenvalue weighted by Gasteiger charge is 2.41. The van der Waals surface area contributed by atoms with Gasteiger partial charge < -0.3 is 11.1 Å². The number of benzene rings is 1. The third kappa shape index (κ3) is 3.41. The van der Waals surface area contributed by atoms with Gasteiger partial charge >= 0.3 is 0 Å². The van der Waals surface area contributed by atoms with Gasteiger partial charge in [-0.1, -0.05) is 29.3 Å². The Labute approximate surface area is 123 Å². The zero-order valence-electron chi connectivity index (χ0n) is 10.9. The number of carbonyl (C=O) groups excluding carboxylic acids is 1. The topological polar surface area (TPSA) is 55.1 Å². The molecular formula is C14H18Cl2N2O. The minimum absolute atomic E-state index is 0.0881. The lowest BCUT2D eigenvalue weighted by molar-refractivity contribution is -0.122. The van der Waals surface area contributed by atoms with E-state index in [-0.39, 0.29) is 17.9 Å². The van der Waals surface area contributed by atoms with Crippen LogP contribution < -0.4 is 11.1 Å². The average Bonchev–Trinajstić information content (AvgIpc) is 3.18. The summed E-state index contributed by atoms with van der Waals surface area (Å²) in [5.74, 6) is 0.401. The van der Waals surface area contributed by atoms with E-state index in [1.165, 1.54) is 0 Å². The molecule has 104 valence electrons. The lowest BCUT2D eigenvalue weighted by atomic mass is 9.95. The Morgan fingerprint density at radius 3 is 2.47 bits per heavy atom. The van der Waals surface area contributed by atoms with Gasteiger partial charge in [0, 0.05) is 16.6 Å². The SMILES string of the molecule is CC(CN)(NC(=O)Cc1c(Cl)cccc1Cl)C1CC1. The zero-order chi connectivity index (χ0) is 14.0. The highest BCUT2D eigenvalue weighted by Crippen LogP contribution is 2.39. The van der Waals surface area contributed by atoms with Gasteiger partial charge in [-0.3, -0.25) is 4.79 Å². The molecule has 0 saturated heterocycles. The Morgan fingerprint density at radius 1 is 1.42 bits per heavy atom. The maximum atomic E-state index is 12.1. The van der Waals surface area contributed by atoms with Crippen molar-refractivity contribution in [3.63, 3.8) is 0 Å². The molecule has 0 heterocycles. The van der Waals surface area contributed by atoms with E-state index in [4.69, 9.17) is 28.9 Å². The second-order valence-electron chi connectivity index (χ2n) is 5.32. The van der Waals surface area contributed by atoms with Crippen LogP contribution in [0.4, 0.5) is 0 Å². The molecule has 1 amide bonds. The molecule has 1 saturated carbocycles. The molecule has 3 N–H and O–H groups in total. The summed E-state index contributed by atoms with van der Waals surface area (Å²) in [6, 6.07) is 5.23. The van der Waals surface area contributed by atoms with E-state index < -0.39 is 0 Å². The van der Waals surface area contributed by atoms with Crippen LogP contribution in [0.25, 0.3) is 0 Å². The van der Waals surface area contributed by atoms with Crippen LogP contribution in [0.15, 0.2) is 18.2 Å². The number of halogens is 2. The average molecular weight is 301 g/mol. The van der Waals surface area contributed by atoms with E-state index in [9.17, 15) is 4.79 Å². The first-order chi connectivity index (χ1) is 8.96. The van der Waals surface area contributed by atoms with Crippen LogP contribution in [0.2, 0.25) is 10.0 Å². The number of hydrogen-bond donors (Lipinski definition) is 2. The molecule has 5 heteroatoms. The molecule has 0 aromatic heterocycles. The smallest absolute Gasteiger partial charge is 0.225 e. The summed E-state index contributed by atoms with van der Waals surface area (Å²) >= 11 is 12.1. The number of rotatable bonds is 5. The third-order valence-corrected chi connectivity index (χ3v) is 4.43. The first-order valence-electron chi connectivity index (χ1n) is 6.40. The highest BCUT2D eigenvalue weighted by atomic mass is 35.5. The number of nitrogens with two attached hydrogens (primary N) is 1. The lowest BCUT2D eigenvalue weighted by Crippen LogP contribution is -2.53. The molecule has 1 aromatic carbocycles. The fraction of sp³-hybridized carbons (Fsp3) is 0.500. The first-order valence-corrected chi connectivity index (χ1v) is 7.16. The second-order valence-corrected chi connectivity index (χ2v) is 6.14. The van der Waals surface area contributed by atoms with Crippen LogP contribution >= 0.6 is 23.2 Å². The van der Waals surface area contributed by atoms with E-state index >= 15 is 0 Å². The third-order valence-electron chi connectivity index (χ3n) is 3.73. The maximum absolute atomic E-state index is 12.1. The fourth-order valence-corrected chi connectivity index (χ4v) is 2.80. The van der Waals surface area contributed by atoms with Crippen LogP contribution in [0.1, 0.15) is 25.3 Å². The molecule has 1 aromatic rings. The minimum atomic E-state index is -0.315. The molecule has 1 atom stereocenters. The van der Waals surface area contributed by atoms with Crippen molar-refractivity contribution in [2.24, 2.45) is 11.7 Å². The van der Waals surface area contributed by atoms with Gasteiger partial charge in [0.1, 0.15) is 0 Å². The van der Waals surface area contributed by atoms with Crippen LogP contribution in [-0.2, 0) is 11.2 Å². The molecule has 1 fully saturated rings.